The number of hydrogen-bond donors (Lipinski definition) is 0. The van der Waals surface area contributed by atoms with Gasteiger partial charge in [-0.1, -0.05) is 20.8 Å². The highest BCUT2D eigenvalue weighted by Gasteiger charge is 2.32. The molecular weight excluding hydrogens is 158 g/mol. The van der Waals surface area contributed by atoms with Gasteiger partial charge in [-0.25, -0.2) is 0 Å². The molecule has 2 atom stereocenters. The van der Waals surface area contributed by atoms with Crippen LogP contribution in [0.4, 0.5) is 0 Å². The summed E-state index contributed by atoms with van der Waals surface area (Å²) < 4.78 is 0. The molecule has 1 rings (SSSR count). The van der Waals surface area contributed by atoms with Crippen molar-refractivity contribution in [2.75, 3.05) is 13.1 Å². The maximum atomic E-state index is 2.63. The van der Waals surface area contributed by atoms with Crippen molar-refractivity contribution in [2.45, 2.75) is 53.0 Å². The first-order chi connectivity index (χ1) is 5.97. The summed E-state index contributed by atoms with van der Waals surface area (Å²) in [7, 11) is 0. The quantitative estimate of drug-likeness (QED) is 0.603. The molecule has 1 nitrogen and oxygen atoms in total. The van der Waals surface area contributed by atoms with E-state index in [0.29, 0.717) is 5.54 Å². The summed E-state index contributed by atoms with van der Waals surface area (Å²) in [5.41, 5.74) is 0.416. The SMILES string of the molecule is CCN1CCC(C)C(C)CC1(C)C. The monoisotopic (exact) mass is 183 g/mol. The molecule has 1 heterocycles. The lowest BCUT2D eigenvalue weighted by Gasteiger charge is -2.37. The third-order valence-electron chi connectivity index (χ3n) is 3.89. The lowest BCUT2D eigenvalue weighted by atomic mass is 9.85. The molecule has 1 aliphatic heterocycles. The molecule has 0 aromatic rings. The van der Waals surface area contributed by atoms with Gasteiger partial charge in [0.05, 0.1) is 0 Å². The number of likely N-dealkylation sites (tertiary alicyclic amines) is 1. The van der Waals surface area contributed by atoms with E-state index in [0.717, 1.165) is 11.8 Å². The molecule has 0 spiro atoms. The van der Waals surface area contributed by atoms with Crippen LogP contribution >= 0.6 is 0 Å². The van der Waals surface area contributed by atoms with Crippen molar-refractivity contribution < 1.29 is 0 Å². The number of rotatable bonds is 1. The molecule has 0 aromatic carbocycles. The predicted molar refractivity (Wildman–Crippen MR) is 58.9 cm³/mol. The van der Waals surface area contributed by atoms with Crippen molar-refractivity contribution in [1.29, 1.82) is 0 Å². The van der Waals surface area contributed by atoms with E-state index in [1.165, 1.54) is 25.9 Å². The molecule has 1 heteroatoms. The van der Waals surface area contributed by atoms with E-state index < -0.39 is 0 Å². The van der Waals surface area contributed by atoms with Crippen LogP contribution in [0, 0.1) is 11.8 Å². The Balaban J connectivity index is 2.71. The summed E-state index contributed by atoms with van der Waals surface area (Å²) in [6.07, 6.45) is 2.72. The average Bonchev–Trinajstić information content (AvgIpc) is 2.11. The fourth-order valence-corrected chi connectivity index (χ4v) is 2.65. The van der Waals surface area contributed by atoms with Gasteiger partial charge in [-0.2, -0.15) is 0 Å². The van der Waals surface area contributed by atoms with Crippen LogP contribution in [-0.4, -0.2) is 23.5 Å². The van der Waals surface area contributed by atoms with Crippen LogP contribution < -0.4 is 0 Å². The second-order valence-corrected chi connectivity index (χ2v) is 5.34. The molecule has 0 N–H and O–H groups in total. The smallest absolute Gasteiger partial charge is 0.0155 e. The minimum absolute atomic E-state index is 0.416. The molecule has 0 saturated carbocycles. The van der Waals surface area contributed by atoms with Crippen molar-refractivity contribution in [3.63, 3.8) is 0 Å². The lowest BCUT2D eigenvalue weighted by Crippen LogP contribution is -2.43. The van der Waals surface area contributed by atoms with Crippen molar-refractivity contribution >= 4 is 0 Å². The fourth-order valence-electron chi connectivity index (χ4n) is 2.65. The minimum atomic E-state index is 0.416. The Morgan fingerprint density at radius 2 is 1.85 bits per heavy atom. The van der Waals surface area contributed by atoms with Gasteiger partial charge in [-0.05, 0) is 51.6 Å². The summed E-state index contributed by atoms with van der Waals surface area (Å²) in [5, 5.41) is 0. The van der Waals surface area contributed by atoms with E-state index in [1.54, 1.807) is 0 Å². The van der Waals surface area contributed by atoms with Gasteiger partial charge in [0.15, 0.2) is 0 Å². The van der Waals surface area contributed by atoms with Crippen LogP contribution in [0.5, 0.6) is 0 Å². The molecule has 2 unspecified atom stereocenters. The molecule has 1 saturated heterocycles. The highest BCUT2D eigenvalue weighted by atomic mass is 15.2. The van der Waals surface area contributed by atoms with Gasteiger partial charge in [-0.15, -0.1) is 0 Å². The van der Waals surface area contributed by atoms with Crippen molar-refractivity contribution in [3.8, 4) is 0 Å². The summed E-state index contributed by atoms with van der Waals surface area (Å²) in [6, 6.07) is 0. The zero-order chi connectivity index (χ0) is 10.1. The summed E-state index contributed by atoms with van der Waals surface area (Å²) in [6.45, 7) is 14.4. The van der Waals surface area contributed by atoms with Gasteiger partial charge in [0.25, 0.3) is 0 Å². The van der Waals surface area contributed by atoms with Crippen molar-refractivity contribution in [3.05, 3.63) is 0 Å². The van der Waals surface area contributed by atoms with Gasteiger partial charge in [0, 0.05) is 5.54 Å². The molecule has 0 aromatic heterocycles. The Morgan fingerprint density at radius 3 is 2.38 bits per heavy atom. The van der Waals surface area contributed by atoms with E-state index >= 15 is 0 Å². The summed E-state index contributed by atoms with van der Waals surface area (Å²) in [5.74, 6) is 1.78. The Kier molecular flexibility index (Phi) is 3.39. The molecule has 13 heavy (non-hydrogen) atoms. The van der Waals surface area contributed by atoms with Crippen LogP contribution in [0.3, 0.4) is 0 Å². The van der Waals surface area contributed by atoms with E-state index in [9.17, 15) is 0 Å². The predicted octanol–water partition coefficient (Wildman–Crippen LogP) is 3.15. The molecule has 1 aliphatic rings. The van der Waals surface area contributed by atoms with Gasteiger partial charge in [-0.3, -0.25) is 4.90 Å². The first-order valence-corrected chi connectivity index (χ1v) is 5.72. The minimum Gasteiger partial charge on any atom is -0.298 e. The number of nitrogens with zero attached hydrogens (tertiary/aromatic N) is 1. The first kappa shape index (κ1) is 11.0. The van der Waals surface area contributed by atoms with Crippen LogP contribution in [-0.2, 0) is 0 Å². The zero-order valence-electron chi connectivity index (χ0n) is 9.93. The molecule has 1 fully saturated rings. The standard InChI is InChI=1S/C12H25N/c1-6-13-8-7-10(2)11(3)9-12(13,4)5/h10-11H,6-9H2,1-5H3. The second-order valence-electron chi connectivity index (χ2n) is 5.34. The Morgan fingerprint density at radius 1 is 1.23 bits per heavy atom. The van der Waals surface area contributed by atoms with Crippen LogP contribution in [0.2, 0.25) is 0 Å². The molecule has 78 valence electrons. The first-order valence-electron chi connectivity index (χ1n) is 5.72. The van der Waals surface area contributed by atoms with E-state index in [2.05, 4.69) is 39.5 Å². The van der Waals surface area contributed by atoms with Gasteiger partial charge >= 0.3 is 0 Å². The molecular formula is C12H25N. The van der Waals surface area contributed by atoms with Gasteiger partial charge < -0.3 is 0 Å². The van der Waals surface area contributed by atoms with Gasteiger partial charge in [0.2, 0.25) is 0 Å². The van der Waals surface area contributed by atoms with Crippen LogP contribution in [0.1, 0.15) is 47.5 Å². The lowest BCUT2D eigenvalue weighted by molar-refractivity contribution is 0.122. The molecule has 0 radical (unpaired) electrons. The maximum absolute atomic E-state index is 2.63. The topological polar surface area (TPSA) is 3.24 Å². The Bertz CT molecular complexity index is 163. The molecule has 0 bridgehead atoms. The maximum Gasteiger partial charge on any atom is 0.0155 e. The molecule has 0 aliphatic carbocycles. The third-order valence-corrected chi connectivity index (χ3v) is 3.89. The fraction of sp³-hybridized carbons (Fsp3) is 1.00. The van der Waals surface area contributed by atoms with E-state index in [-0.39, 0.29) is 0 Å². The van der Waals surface area contributed by atoms with Crippen molar-refractivity contribution in [1.82, 2.24) is 4.90 Å². The van der Waals surface area contributed by atoms with Gasteiger partial charge in [0.1, 0.15) is 0 Å². The van der Waals surface area contributed by atoms with Crippen LogP contribution in [0.15, 0.2) is 0 Å². The summed E-state index contributed by atoms with van der Waals surface area (Å²) in [4.78, 5) is 2.63. The molecule has 0 amide bonds. The Hall–Kier alpha value is -0.0400. The van der Waals surface area contributed by atoms with Crippen LogP contribution in [0.25, 0.3) is 0 Å². The van der Waals surface area contributed by atoms with E-state index in [1.807, 2.05) is 0 Å². The Labute approximate surface area is 83.5 Å². The highest BCUT2D eigenvalue weighted by Crippen LogP contribution is 2.33. The highest BCUT2D eigenvalue weighted by molar-refractivity contribution is 4.87. The van der Waals surface area contributed by atoms with E-state index in [4.69, 9.17) is 0 Å². The second kappa shape index (κ2) is 4.00. The average molecular weight is 183 g/mol. The summed E-state index contributed by atoms with van der Waals surface area (Å²) >= 11 is 0. The zero-order valence-corrected chi connectivity index (χ0v) is 9.93. The third kappa shape index (κ3) is 2.46. The normalized spacial score (nSPS) is 35.8. The van der Waals surface area contributed by atoms with Crippen molar-refractivity contribution in [2.24, 2.45) is 11.8 Å². The largest absolute Gasteiger partial charge is 0.298 e. The number of hydrogen-bond acceptors (Lipinski definition) is 1.